The molecule has 0 saturated carbocycles. The van der Waals surface area contributed by atoms with Gasteiger partial charge in [-0.2, -0.15) is 0 Å². The fraction of sp³-hybridized carbons (Fsp3) is 0.562. The van der Waals surface area contributed by atoms with Gasteiger partial charge in [0.15, 0.2) is 6.61 Å². The molecule has 4 heteroatoms. The Bertz CT molecular complexity index is 416. The average molecular weight is 279 g/mol. The molecule has 0 unspecified atom stereocenters. The zero-order chi connectivity index (χ0) is 15.0. The number of nitrogens with zero attached hydrogens (tertiary/aromatic N) is 1. The third-order valence-electron chi connectivity index (χ3n) is 3.40. The van der Waals surface area contributed by atoms with Crippen LogP contribution in [0.15, 0.2) is 24.3 Å². The van der Waals surface area contributed by atoms with Crippen molar-refractivity contribution in [2.75, 3.05) is 19.8 Å². The number of rotatable bonds is 8. The molecule has 0 bridgehead atoms. The third-order valence-corrected chi connectivity index (χ3v) is 3.40. The van der Waals surface area contributed by atoms with Gasteiger partial charge in [-0.3, -0.25) is 4.79 Å². The lowest BCUT2D eigenvalue weighted by molar-refractivity contribution is -0.136. The van der Waals surface area contributed by atoms with E-state index in [9.17, 15) is 4.79 Å². The van der Waals surface area contributed by atoms with Crippen LogP contribution in [-0.4, -0.2) is 41.7 Å². The number of amides is 1. The molecular weight excluding hydrogens is 254 g/mol. The molecule has 1 N–H and O–H groups in total. The minimum absolute atomic E-state index is 0.0138. The molecule has 4 nitrogen and oxygen atoms in total. The van der Waals surface area contributed by atoms with Crippen LogP contribution in [0.25, 0.3) is 0 Å². The van der Waals surface area contributed by atoms with Crippen LogP contribution in [-0.2, 0) is 4.79 Å². The van der Waals surface area contributed by atoms with Gasteiger partial charge in [0.2, 0.25) is 0 Å². The van der Waals surface area contributed by atoms with Gasteiger partial charge in [-0.15, -0.1) is 0 Å². The molecule has 0 spiro atoms. The van der Waals surface area contributed by atoms with Crippen molar-refractivity contribution >= 4 is 5.91 Å². The molecule has 0 heterocycles. The highest BCUT2D eigenvalue weighted by atomic mass is 16.5. The van der Waals surface area contributed by atoms with Gasteiger partial charge >= 0.3 is 0 Å². The van der Waals surface area contributed by atoms with Gasteiger partial charge in [-0.1, -0.05) is 26.0 Å². The molecule has 1 aromatic rings. The third kappa shape index (κ3) is 4.85. The van der Waals surface area contributed by atoms with E-state index in [2.05, 4.69) is 0 Å². The average Bonchev–Trinajstić information content (AvgIpc) is 2.45. The molecule has 0 aliphatic heterocycles. The van der Waals surface area contributed by atoms with Crippen LogP contribution in [0.2, 0.25) is 0 Å². The second-order valence-electron chi connectivity index (χ2n) is 4.89. The van der Waals surface area contributed by atoms with Crippen LogP contribution in [0.3, 0.4) is 0 Å². The first-order valence-electron chi connectivity index (χ1n) is 7.22. The van der Waals surface area contributed by atoms with Crippen molar-refractivity contribution in [3.8, 4) is 5.75 Å². The van der Waals surface area contributed by atoms with E-state index in [4.69, 9.17) is 9.84 Å². The molecule has 20 heavy (non-hydrogen) atoms. The summed E-state index contributed by atoms with van der Waals surface area (Å²) in [6.45, 7) is 6.44. The van der Waals surface area contributed by atoms with Gasteiger partial charge < -0.3 is 14.7 Å². The number of hydrogen-bond donors (Lipinski definition) is 1. The number of hydrogen-bond acceptors (Lipinski definition) is 3. The lowest BCUT2D eigenvalue weighted by atomic mass is 10.1. The minimum Gasteiger partial charge on any atom is -0.484 e. The fourth-order valence-corrected chi connectivity index (χ4v) is 2.28. The van der Waals surface area contributed by atoms with Gasteiger partial charge in [-0.05, 0) is 37.5 Å². The minimum atomic E-state index is -0.0748. The van der Waals surface area contributed by atoms with Crippen molar-refractivity contribution in [1.82, 2.24) is 4.90 Å². The summed E-state index contributed by atoms with van der Waals surface area (Å²) in [6.07, 6.45) is 1.76. The van der Waals surface area contributed by atoms with E-state index in [0.717, 1.165) is 18.4 Å². The molecule has 0 radical (unpaired) electrons. The predicted octanol–water partition coefficient (Wildman–Crippen LogP) is 2.38. The maximum Gasteiger partial charge on any atom is 0.260 e. The molecule has 0 aliphatic rings. The van der Waals surface area contributed by atoms with Gasteiger partial charge in [0, 0.05) is 12.6 Å². The summed E-state index contributed by atoms with van der Waals surface area (Å²) in [6, 6.07) is 7.79. The Balaban J connectivity index is 2.62. The van der Waals surface area contributed by atoms with Gasteiger partial charge in [0.05, 0.1) is 6.61 Å². The van der Waals surface area contributed by atoms with E-state index in [0.29, 0.717) is 12.3 Å². The summed E-state index contributed by atoms with van der Waals surface area (Å²) in [7, 11) is 0. The Labute approximate surface area is 121 Å². The van der Waals surface area contributed by atoms with Gasteiger partial charge in [0.25, 0.3) is 5.91 Å². The Morgan fingerprint density at radius 3 is 2.60 bits per heavy atom. The van der Waals surface area contributed by atoms with Crippen molar-refractivity contribution < 1.29 is 14.6 Å². The second-order valence-corrected chi connectivity index (χ2v) is 4.89. The SMILES string of the molecule is CCC(CC)N(CCO)C(=O)COc1cccc(C)c1. The number of carbonyl (C=O) groups excluding carboxylic acids is 1. The van der Waals surface area contributed by atoms with E-state index in [-0.39, 0.29) is 25.2 Å². The topological polar surface area (TPSA) is 49.8 Å². The number of ether oxygens (including phenoxy) is 1. The molecule has 1 rings (SSSR count). The highest BCUT2D eigenvalue weighted by molar-refractivity contribution is 5.78. The molecule has 0 aliphatic carbocycles. The van der Waals surface area contributed by atoms with Crippen molar-refractivity contribution in [3.63, 3.8) is 0 Å². The summed E-state index contributed by atoms with van der Waals surface area (Å²) in [5.74, 6) is 0.626. The largest absolute Gasteiger partial charge is 0.484 e. The van der Waals surface area contributed by atoms with Crippen LogP contribution >= 0.6 is 0 Å². The molecule has 0 saturated heterocycles. The van der Waals surface area contributed by atoms with Crippen LogP contribution in [0.5, 0.6) is 5.75 Å². The van der Waals surface area contributed by atoms with Gasteiger partial charge in [0.1, 0.15) is 5.75 Å². The molecule has 112 valence electrons. The van der Waals surface area contributed by atoms with Crippen LogP contribution in [0, 0.1) is 6.92 Å². The molecule has 0 fully saturated rings. The zero-order valence-corrected chi connectivity index (χ0v) is 12.6. The first-order chi connectivity index (χ1) is 9.62. The van der Waals surface area contributed by atoms with Crippen molar-refractivity contribution in [2.24, 2.45) is 0 Å². The van der Waals surface area contributed by atoms with Crippen LogP contribution in [0.1, 0.15) is 32.3 Å². The Morgan fingerprint density at radius 1 is 1.35 bits per heavy atom. The van der Waals surface area contributed by atoms with Crippen molar-refractivity contribution in [3.05, 3.63) is 29.8 Å². The lowest BCUT2D eigenvalue weighted by Crippen LogP contribution is -2.44. The van der Waals surface area contributed by atoms with Crippen LogP contribution in [0.4, 0.5) is 0 Å². The highest BCUT2D eigenvalue weighted by Gasteiger charge is 2.20. The Kier molecular flexibility index (Phi) is 7.09. The summed E-state index contributed by atoms with van der Waals surface area (Å²) >= 11 is 0. The van der Waals surface area contributed by atoms with Gasteiger partial charge in [-0.25, -0.2) is 0 Å². The molecule has 0 aromatic heterocycles. The second kappa shape index (κ2) is 8.59. The number of benzene rings is 1. The number of aliphatic hydroxyl groups is 1. The first-order valence-corrected chi connectivity index (χ1v) is 7.22. The Morgan fingerprint density at radius 2 is 2.05 bits per heavy atom. The molecule has 0 atom stereocenters. The van der Waals surface area contributed by atoms with E-state index in [1.54, 1.807) is 4.90 Å². The van der Waals surface area contributed by atoms with E-state index in [1.165, 1.54) is 0 Å². The lowest BCUT2D eigenvalue weighted by Gasteiger charge is -2.30. The number of carbonyl (C=O) groups is 1. The van der Waals surface area contributed by atoms with Crippen LogP contribution < -0.4 is 4.74 Å². The zero-order valence-electron chi connectivity index (χ0n) is 12.6. The summed E-state index contributed by atoms with van der Waals surface area (Å²) in [4.78, 5) is 14.0. The Hall–Kier alpha value is -1.55. The quantitative estimate of drug-likeness (QED) is 0.795. The first kappa shape index (κ1) is 16.5. The molecular formula is C16H25NO3. The summed E-state index contributed by atoms with van der Waals surface area (Å²) in [5.41, 5.74) is 1.10. The number of aliphatic hydroxyl groups excluding tert-OH is 1. The summed E-state index contributed by atoms with van der Waals surface area (Å²) < 4.78 is 5.54. The molecule has 1 aromatic carbocycles. The van der Waals surface area contributed by atoms with E-state index < -0.39 is 0 Å². The van der Waals surface area contributed by atoms with Crippen molar-refractivity contribution in [1.29, 1.82) is 0 Å². The molecule has 1 amide bonds. The monoisotopic (exact) mass is 279 g/mol. The van der Waals surface area contributed by atoms with Crippen molar-refractivity contribution in [2.45, 2.75) is 39.7 Å². The highest BCUT2D eigenvalue weighted by Crippen LogP contribution is 2.13. The standard InChI is InChI=1S/C16H25NO3/c1-4-14(5-2)17(9-10-18)16(19)12-20-15-8-6-7-13(3)11-15/h6-8,11,14,18H,4-5,9-10,12H2,1-3H3. The van der Waals surface area contributed by atoms with E-state index in [1.807, 2.05) is 45.0 Å². The smallest absolute Gasteiger partial charge is 0.260 e. The maximum absolute atomic E-state index is 12.2. The maximum atomic E-state index is 12.2. The normalized spacial score (nSPS) is 10.7. The van der Waals surface area contributed by atoms with E-state index >= 15 is 0 Å². The fourth-order valence-electron chi connectivity index (χ4n) is 2.28. The summed E-state index contributed by atoms with van der Waals surface area (Å²) in [5, 5.41) is 9.11. The number of aryl methyl sites for hydroxylation is 1. The predicted molar refractivity (Wildman–Crippen MR) is 79.8 cm³/mol.